The number of methoxy groups -OCH3 is 1. The minimum atomic E-state index is -0.332. The maximum Gasteiger partial charge on any atom is 0.309 e. The number of carbonyl (C=O) groups is 2. The Hall–Kier alpha value is -1.68. The standard InChI is InChI=1S/C16H22O4/c1-12-4-7-14(8-5-12)9-6-13(2)16(18)20-11-15(17)10-19-3/h4-5,7-8,13H,6,9-11H2,1-3H3. The molecule has 20 heavy (non-hydrogen) atoms. The third-order valence-electron chi connectivity index (χ3n) is 3.07. The number of aryl methyl sites for hydroxylation is 2. The number of esters is 1. The second-order valence-corrected chi connectivity index (χ2v) is 5.00. The van der Waals surface area contributed by atoms with Crippen LogP contribution in [-0.4, -0.2) is 32.1 Å². The SMILES string of the molecule is COCC(=O)COC(=O)C(C)CCc1ccc(C)cc1. The van der Waals surface area contributed by atoms with Gasteiger partial charge in [-0.1, -0.05) is 36.8 Å². The van der Waals surface area contributed by atoms with Gasteiger partial charge >= 0.3 is 5.97 Å². The zero-order chi connectivity index (χ0) is 15.0. The van der Waals surface area contributed by atoms with Crippen LogP contribution in [0.3, 0.4) is 0 Å². The Balaban J connectivity index is 2.31. The van der Waals surface area contributed by atoms with Crippen molar-refractivity contribution in [3.8, 4) is 0 Å². The molecule has 0 saturated heterocycles. The molecule has 0 radical (unpaired) electrons. The summed E-state index contributed by atoms with van der Waals surface area (Å²) in [4.78, 5) is 22.9. The highest BCUT2D eigenvalue weighted by Gasteiger charge is 2.15. The van der Waals surface area contributed by atoms with Crippen LogP contribution < -0.4 is 0 Å². The van der Waals surface area contributed by atoms with Crippen molar-refractivity contribution in [2.75, 3.05) is 20.3 Å². The maximum absolute atomic E-state index is 11.7. The van der Waals surface area contributed by atoms with Crippen molar-refractivity contribution in [3.63, 3.8) is 0 Å². The zero-order valence-corrected chi connectivity index (χ0v) is 12.3. The number of benzene rings is 1. The largest absolute Gasteiger partial charge is 0.457 e. The molecule has 0 heterocycles. The Morgan fingerprint density at radius 3 is 2.40 bits per heavy atom. The van der Waals surface area contributed by atoms with Crippen molar-refractivity contribution in [3.05, 3.63) is 35.4 Å². The van der Waals surface area contributed by atoms with Crippen LogP contribution in [0.1, 0.15) is 24.5 Å². The van der Waals surface area contributed by atoms with E-state index in [4.69, 9.17) is 4.74 Å². The highest BCUT2D eigenvalue weighted by molar-refractivity contribution is 5.83. The molecule has 110 valence electrons. The van der Waals surface area contributed by atoms with Gasteiger partial charge in [0.2, 0.25) is 0 Å². The minimum Gasteiger partial charge on any atom is -0.457 e. The molecule has 4 heteroatoms. The Bertz CT molecular complexity index is 436. The summed E-state index contributed by atoms with van der Waals surface area (Å²) in [5.41, 5.74) is 2.42. The molecular weight excluding hydrogens is 256 g/mol. The topological polar surface area (TPSA) is 52.6 Å². The average molecular weight is 278 g/mol. The summed E-state index contributed by atoms with van der Waals surface area (Å²) in [6.45, 7) is 3.63. The first-order valence-corrected chi connectivity index (χ1v) is 6.75. The number of hydrogen-bond donors (Lipinski definition) is 0. The van der Waals surface area contributed by atoms with Crippen LogP contribution in [0.4, 0.5) is 0 Å². The first kappa shape index (κ1) is 16.4. The predicted molar refractivity (Wildman–Crippen MR) is 76.5 cm³/mol. The number of Topliss-reactive ketones (excluding diaryl/α,β-unsaturated/α-hetero) is 1. The molecule has 4 nitrogen and oxygen atoms in total. The van der Waals surface area contributed by atoms with E-state index in [1.807, 2.05) is 13.8 Å². The van der Waals surface area contributed by atoms with Gasteiger partial charge in [0.1, 0.15) is 6.61 Å². The molecule has 0 aromatic heterocycles. The molecule has 1 aromatic rings. The molecule has 0 spiro atoms. The smallest absolute Gasteiger partial charge is 0.309 e. The lowest BCUT2D eigenvalue weighted by Gasteiger charge is -2.11. The van der Waals surface area contributed by atoms with Gasteiger partial charge in [0.05, 0.1) is 5.92 Å². The minimum absolute atomic E-state index is 0.0228. The van der Waals surface area contributed by atoms with E-state index in [9.17, 15) is 9.59 Å². The maximum atomic E-state index is 11.7. The van der Waals surface area contributed by atoms with E-state index in [1.165, 1.54) is 18.2 Å². The van der Waals surface area contributed by atoms with E-state index in [0.717, 1.165) is 6.42 Å². The molecule has 1 rings (SSSR count). The lowest BCUT2D eigenvalue weighted by atomic mass is 10.0. The summed E-state index contributed by atoms with van der Waals surface area (Å²) in [5, 5.41) is 0. The fraction of sp³-hybridized carbons (Fsp3) is 0.500. The Morgan fingerprint density at radius 1 is 1.15 bits per heavy atom. The van der Waals surface area contributed by atoms with Gasteiger partial charge in [-0.05, 0) is 25.3 Å². The summed E-state index contributed by atoms with van der Waals surface area (Å²) >= 11 is 0. The van der Waals surface area contributed by atoms with Gasteiger partial charge in [-0.25, -0.2) is 0 Å². The number of carbonyl (C=O) groups excluding carboxylic acids is 2. The van der Waals surface area contributed by atoms with Gasteiger partial charge in [-0.3, -0.25) is 9.59 Å². The molecule has 0 saturated carbocycles. The molecule has 0 aliphatic rings. The molecule has 1 atom stereocenters. The van der Waals surface area contributed by atoms with E-state index in [0.29, 0.717) is 6.42 Å². The molecule has 0 N–H and O–H groups in total. The summed E-state index contributed by atoms with van der Waals surface area (Å²) in [5.74, 6) is -0.778. The van der Waals surface area contributed by atoms with Crippen molar-refractivity contribution in [1.82, 2.24) is 0 Å². The van der Waals surface area contributed by atoms with E-state index >= 15 is 0 Å². The fourth-order valence-electron chi connectivity index (χ4n) is 1.75. The average Bonchev–Trinajstić information content (AvgIpc) is 2.44. The van der Waals surface area contributed by atoms with Crippen LogP contribution in [0.2, 0.25) is 0 Å². The lowest BCUT2D eigenvalue weighted by Crippen LogP contribution is -2.22. The van der Waals surface area contributed by atoms with Crippen LogP contribution in [0.5, 0.6) is 0 Å². The summed E-state index contributed by atoms with van der Waals surface area (Å²) in [6, 6.07) is 8.24. The molecule has 1 aromatic carbocycles. The quantitative estimate of drug-likeness (QED) is 0.685. The van der Waals surface area contributed by atoms with Crippen molar-refractivity contribution in [1.29, 1.82) is 0 Å². The number of rotatable bonds is 8. The van der Waals surface area contributed by atoms with Gasteiger partial charge in [-0.2, -0.15) is 0 Å². The van der Waals surface area contributed by atoms with Crippen molar-refractivity contribution in [2.45, 2.75) is 26.7 Å². The third kappa shape index (κ3) is 5.97. The normalized spacial score (nSPS) is 11.9. The zero-order valence-electron chi connectivity index (χ0n) is 12.3. The number of ether oxygens (including phenoxy) is 2. The lowest BCUT2D eigenvalue weighted by molar-refractivity contribution is -0.152. The first-order valence-electron chi connectivity index (χ1n) is 6.75. The van der Waals surface area contributed by atoms with Crippen LogP contribution in [0.25, 0.3) is 0 Å². The van der Waals surface area contributed by atoms with E-state index in [2.05, 4.69) is 29.0 Å². The van der Waals surface area contributed by atoms with Crippen molar-refractivity contribution < 1.29 is 19.1 Å². The Morgan fingerprint density at radius 2 is 1.80 bits per heavy atom. The van der Waals surface area contributed by atoms with Crippen LogP contribution in [0, 0.1) is 12.8 Å². The summed E-state index contributed by atoms with van der Waals surface area (Å²) in [6.07, 6.45) is 1.53. The van der Waals surface area contributed by atoms with E-state index in [-0.39, 0.29) is 30.9 Å². The van der Waals surface area contributed by atoms with E-state index in [1.54, 1.807) is 0 Å². The van der Waals surface area contributed by atoms with E-state index < -0.39 is 0 Å². The molecule has 0 fully saturated rings. The Labute approximate surface area is 120 Å². The van der Waals surface area contributed by atoms with Gasteiger partial charge in [-0.15, -0.1) is 0 Å². The first-order chi connectivity index (χ1) is 9.52. The highest BCUT2D eigenvalue weighted by Crippen LogP contribution is 2.12. The van der Waals surface area contributed by atoms with Crippen LogP contribution in [-0.2, 0) is 25.5 Å². The van der Waals surface area contributed by atoms with Crippen LogP contribution >= 0.6 is 0 Å². The van der Waals surface area contributed by atoms with Gasteiger partial charge in [0.25, 0.3) is 0 Å². The van der Waals surface area contributed by atoms with Gasteiger partial charge in [0.15, 0.2) is 12.4 Å². The number of hydrogen-bond acceptors (Lipinski definition) is 4. The summed E-state index contributed by atoms with van der Waals surface area (Å²) in [7, 11) is 1.43. The highest BCUT2D eigenvalue weighted by atomic mass is 16.5. The fourth-order valence-corrected chi connectivity index (χ4v) is 1.75. The van der Waals surface area contributed by atoms with Gasteiger partial charge < -0.3 is 9.47 Å². The molecule has 0 bridgehead atoms. The number of ketones is 1. The van der Waals surface area contributed by atoms with Gasteiger partial charge in [0, 0.05) is 7.11 Å². The second kappa shape index (κ2) is 8.48. The van der Waals surface area contributed by atoms with Crippen molar-refractivity contribution >= 4 is 11.8 Å². The molecule has 0 aliphatic carbocycles. The second-order valence-electron chi connectivity index (χ2n) is 5.00. The molecule has 1 unspecified atom stereocenters. The summed E-state index contributed by atoms with van der Waals surface area (Å²) < 4.78 is 9.63. The molecule has 0 amide bonds. The molecule has 0 aliphatic heterocycles. The monoisotopic (exact) mass is 278 g/mol. The third-order valence-corrected chi connectivity index (χ3v) is 3.07. The Kier molecular flexibility index (Phi) is 6.94. The van der Waals surface area contributed by atoms with Crippen molar-refractivity contribution in [2.24, 2.45) is 5.92 Å². The predicted octanol–water partition coefficient (Wildman–Crippen LogP) is 2.32. The van der Waals surface area contributed by atoms with Crippen LogP contribution in [0.15, 0.2) is 24.3 Å². The molecular formula is C16H22O4.